The van der Waals surface area contributed by atoms with Crippen molar-refractivity contribution in [1.29, 1.82) is 0 Å². The van der Waals surface area contributed by atoms with Crippen molar-refractivity contribution in [2.75, 3.05) is 18.6 Å². The molecule has 14 heavy (non-hydrogen) atoms. The van der Waals surface area contributed by atoms with Crippen LogP contribution in [0.5, 0.6) is 0 Å². The summed E-state index contributed by atoms with van der Waals surface area (Å²) < 4.78 is 1.80. The van der Waals surface area contributed by atoms with Crippen molar-refractivity contribution in [2.45, 2.75) is 19.4 Å². The maximum absolute atomic E-state index is 3.87. The minimum atomic E-state index is 0.864. The molecule has 1 aromatic rings. The van der Waals surface area contributed by atoms with E-state index < -0.39 is 0 Å². The molecule has 0 amide bonds. The Morgan fingerprint density at radius 1 is 1.50 bits per heavy atom. The average Bonchev–Trinajstić information content (AvgIpc) is 2.58. The lowest BCUT2D eigenvalue weighted by atomic mass is 10.3. The van der Waals surface area contributed by atoms with Gasteiger partial charge in [0.05, 0.1) is 11.9 Å². The zero-order valence-electron chi connectivity index (χ0n) is 8.86. The second kappa shape index (κ2) is 6.84. The molecule has 5 heteroatoms. The average molecular weight is 214 g/mol. The van der Waals surface area contributed by atoms with E-state index in [4.69, 9.17) is 0 Å². The highest BCUT2D eigenvalue weighted by atomic mass is 32.2. The number of hydrogen-bond donors (Lipinski definition) is 1. The Kier molecular flexibility index (Phi) is 5.63. The van der Waals surface area contributed by atoms with Gasteiger partial charge < -0.3 is 5.32 Å². The first-order valence-corrected chi connectivity index (χ1v) is 6.27. The van der Waals surface area contributed by atoms with Crippen LogP contribution in [0, 0.1) is 0 Å². The smallest absolute Gasteiger partial charge is 0.0738 e. The first kappa shape index (κ1) is 11.5. The second-order valence-electron chi connectivity index (χ2n) is 3.23. The summed E-state index contributed by atoms with van der Waals surface area (Å²) >= 11 is 1.91. The van der Waals surface area contributed by atoms with E-state index in [1.807, 2.05) is 18.8 Å². The molecule has 4 nitrogen and oxygen atoms in total. The van der Waals surface area contributed by atoms with Gasteiger partial charge in [0, 0.05) is 13.6 Å². The molecule has 1 heterocycles. The fraction of sp³-hybridized carbons (Fsp3) is 0.778. The Morgan fingerprint density at radius 2 is 2.36 bits per heavy atom. The first-order chi connectivity index (χ1) is 6.84. The number of unbranched alkanes of at least 4 members (excludes halogenated alkanes) is 1. The number of hydrogen-bond acceptors (Lipinski definition) is 4. The van der Waals surface area contributed by atoms with Crippen LogP contribution in [0.15, 0.2) is 6.20 Å². The van der Waals surface area contributed by atoms with Crippen LogP contribution >= 0.6 is 11.8 Å². The van der Waals surface area contributed by atoms with Gasteiger partial charge in [0.25, 0.3) is 0 Å². The number of aromatic nitrogens is 3. The summed E-state index contributed by atoms with van der Waals surface area (Å²) in [7, 11) is 1.91. The number of aryl methyl sites for hydroxylation is 1. The third-order valence-electron chi connectivity index (χ3n) is 2.07. The fourth-order valence-corrected chi connectivity index (χ4v) is 1.68. The van der Waals surface area contributed by atoms with Gasteiger partial charge in [0.2, 0.25) is 0 Å². The third kappa shape index (κ3) is 4.11. The molecule has 0 saturated heterocycles. The van der Waals surface area contributed by atoms with Crippen LogP contribution < -0.4 is 5.32 Å². The lowest BCUT2D eigenvalue weighted by Crippen LogP contribution is -2.17. The van der Waals surface area contributed by atoms with Crippen molar-refractivity contribution in [3.63, 3.8) is 0 Å². The standard InChI is InChI=1S/C9H18N4S/c1-13-9(8-11-12-13)7-10-5-3-4-6-14-2/h8,10H,3-7H2,1-2H3. The van der Waals surface area contributed by atoms with Crippen LogP contribution in [0.25, 0.3) is 0 Å². The zero-order valence-corrected chi connectivity index (χ0v) is 9.68. The predicted molar refractivity (Wildman–Crippen MR) is 60.3 cm³/mol. The van der Waals surface area contributed by atoms with Crippen LogP contribution in [-0.2, 0) is 13.6 Å². The molecule has 0 aliphatic heterocycles. The van der Waals surface area contributed by atoms with Crippen molar-refractivity contribution >= 4 is 11.8 Å². The second-order valence-corrected chi connectivity index (χ2v) is 4.21. The summed E-state index contributed by atoms with van der Waals surface area (Å²) in [6.45, 7) is 1.94. The van der Waals surface area contributed by atoms with Crippen molar-refractivity contribution in [1.82, 2.24) is 20.3 Å². The van der Waals surface area contributed by atoms with Crippen molar-refractivity contribution in [3.05, 3.63) is 11.9 Å². The van der Waals surface area contributed by atoms with Gasteiger partial charge >= 0.3 is 0 Å². The molecule has 0 aliphatic carbocycles. The van der Waals surface area contributed by atoms with Gasteiger partial charge in [0.15, 0.2) is 0 Å². The number of rotatable bonds is 7. The Bertz CT molecular complexity index is 249. The molecule has 0 bridgehead atoms. The van der Waals surface area contributed by atoms with Crippen molar-refractivity contribution < 1.29 is 0 Å². The maximum Gasteiger partial charge on any atom is 0.0738 e. The van der Waals surface area contributed by atoms with Crippen LogP contribution in [-0.4, -0.2) is 33.5 Å². The van der Waals surface area contributed by atoms with E-state index >= 15 is 0 Å². The Morgan fingerprint density at radius 3 is 3.00 bits per heavy atom. The molecule has 0 aromatic carbocycles. The van der Waals surface area contributed by atoms with Crippen LogP contribution in [0.2, 0.25) is 0 Å². The summed E-state index contributed by atoms with van der Waals surface area (Å²) in [5.41, 5.74) is 1.13. The highest BCUT2D eigenvalue weighted by molar-refractivity contribution is 7.98. The van der Waals surface area contributed by atoms with Crippen LogP contribution in [0.4, 0.5) is 0 Å². The van der Waals surface area contributed by atoms with Gasteiger partial charge in [-0.05, 0) is 31.4 Å². The number of thioether (sulfide) groups is 1. The molecule has 0 fully saturated rings. The van der Waals surface area contributed by atoms with E-state index in [2.05, 4.69) is 21.9 Å². The molecule has 0 aliphatic rings. The topological polar surface area (TPSA) is 42.7 Å². The van der Waals surface area contributed by atoms with E-state index in [0.717, 1.165) is 18.8 Å². The SMILES string of the molecule is CSCCCCNCc1cnnn1C. The summed E-state index contributed by atoms with van der Waals surface area (Å²) in [6, 6.07) is 0. The Hall–Kier alpha value is -0.550. The lowest BCUT2D eigenvalue weighted by Gasteiger charge is -2.03. The Labute approximate surface area is 89.5 Å². The monoisotopic (exact) mass is 214 g/mol. The quantitative estimate of drug-likeness (QED) is 0.689. The molecule has 1 N–H and O–H groups in total. The molecule has 0 saturated carbocycles. The van der Waals surface area contributed by atoms with Crippen molar-refractivity contribution in [3.8, 4) is 0 Å². The van der Waals surface area contributed by atoms with Gasteiger partial charge in [-0.2, -0.15) is 11.8 Å². The molecule has 1 rings (SSSR count). The van der Waals surface area contributed by atoms with Gasteiger partial charge in [-0.1, -0.05) is 5.21 Å². The molecule has 0 atom stereocenters. The van der Waals surface area contributed by atoms with Gasteiger partial charge in [-0.25, -0.2) is 0 Å². The highest BCUT2D eigenvalue weighted by Crippen LogP contribution is 1.98. The molecule has 1 aromatic heterocycles. The predicted octanol–water partition coefficient (Wildman–Crippen LogP) is 1.05. The van der Waals surface area contributed by atoms with Crippen molar-refractivity contribution in [2.24, 2.45) is 7.05 Å². The highest BCUT2D eigenvalue weighted by Gasteiger charge is 1.97. The van der Waals surface area contributed by atoms with Gasteiger partial charge in [-0.15, -0.1) is 5.10 Å². The van der Waals surface area contributed by atoms with E-state index in [1.54, 1.807) is 10.9 Å². The minimum absolute atomic E-state index is 0.864. The van der Waals surface area contributed by atoms with E-state index in [-0.39, 0.29) is 0 Å². The molecular weight excluding hydrogens is 196 g/mol. The molecule has 0 unspecified atom stereocenters. The van der Waals surface area contributed by atoms with Crippen LogP contribution in [0.1, 0.15) is 18.5 Å². The lowest BCUT2D eigenvalue weighted by molar-refractivity contribution is 0.598. The molecule has 0 radical (unpaired) electrons. The molecule has 0 spiro atoms. The fourth-order valence-electron chi connectivity index (χ4n) is 1.18. The normalized spacial score (nSPS) is 10.7. The summed E-state index contributed by atoms with van der Waals surface area (Å²) in [5, 5.41) is 11.1. The van der Waals surface area contributed by atoms with E-state index in [1.165, 1.54) is 18.6 Å². The largest absolute Gasteiger partial charge is 0.311 e. The molecular formula is C9H18N4S. The zero-order chi connectivity index (χ0) is 10.2. The maximum atomic E-state index is 3.87. The number of nitrogens with one attached hydrogen (secondary N) is 1. The summed E-state index contributed by atoms with van der Waals surface area (Å²) in [6.07, 6.45) is 6.48. The van der Waals surface area contributed by atoms with Crippen LogP contribution in [0.3, 0.4) is 0 Å². The third-order valence-corrected chi connectivity index (χ3v) is 2.76. The van der Waals surface area contributed by atoms with E-state index in [9.17, 15) is 0 Å². The van der Waals surface area contributed by atoms with Gasteiger partial charge in [0.1, 0.15) is 0 Å². The first-order valence-electron chi connectivity index (χ1n) is 4.88. The Balaban J connectivity index is 2.02. The number of nitrogens with zero attached hydrogens (tertiary/aromatic N) is 3. The summed E-state index contributed by atoms with van der Waals surface area (Å²) in [4.78, 5) is 0. The van der Waals surface area contributed by atoms with E-state index in [0.29, 0.717) is 0 Å². The molecule has 80 valence electrons. The minimum Gasteiger partial charge on any atom is -0.311 e. The summed E-state index contributed by atoms with van der Waals surface area (Å²) in [5.74, 6) is 1.26. The van der Waals surface area contributed by atoms with Gasteiger partial charge in [-0.3, -0.25) is 4.68 Å².